The zero-order chi connectivity index (χ0) is 26.7. The Kier molecular flexibility index (Phi) is 5.17. The Morgan fingerprint density at radius 1 is 0.658 bits per heavy atom. The number of carbonyl (C=O) groups excluding carboxylic acids is 2. The van der Waals surface area contributed by atoms with E-state index in [1.165, 1.54) is 52.5 Å². The fraction of sp³-hybridized carbons (Fsp3) is 0.333. The van der Waals surface area contributed by atoms with E-state index in [9.17, 15) is 9.59 Å². The molecule has 0 atom stereocenters. The highest BCUT2D eigenvalue weighted by molar-refractivity contribution is 7.31. The fourth-order valence-corrected chi connectivity index (χ4v) is 11.9. The Hall–Kier alpha value is -2.52. The van der Waals surface area contributed by atoms with Crippen molar-refractivity contribution in [2.45, 2.75) is 52.4 Å². The van der Waals surface area contributed by atoms with Crippen LogP contribution in [0.5, 0.6) is 0 Å². The molecule has 4 aromatic heterocycles. The van der Waals surface area contributed by atoms with E-state index < -0.39 is 0 Å². The molecule has 1 aromatic carbocycles. The molecule has 7 rings (SSSR count). The molecule has 4 heterocycles. The van der Waals surface area contributed by atoms with Crippen molar-refractivity contribution in [1.82, 2.24) is 0 Å². The predicted octanol–water partition coefficient (Wildman–Crippen LogP) is 9.20. The monoisotopic (exact) mass is 578 g/mol. The van der Waals surface area contributed by atoms with E-state index in [1.807, 2.05) is 26.0 Å². The fourth-order valence-electron chi connectivity index (χ4n) is 6.18. The van der Waals surface area contributed by atoms with Crippen molar-refractivity contribution in [1.29, 1.82) is 0 Å². The molecule has 0 aliphatic heterocycles. The van der Waals surface area contributed by atoms with Gasteiger partial charge in [0.25, 0.3) is 0 Å². The number of esters is 2. The summed E-state index contributed by atoms with van der Waals surface area (Å²) in [5.41, 5.74) is 7.64. The van der Waals surface area contributed by atoms with Crippen LogP contribution in [0.3, 0.4) is 0 Å². The summed E-state index contributed by atoms with van der Waals surface area (Å²) in [7, 11) is 0. The van der Waals surface area contributed by atoms with Crippen molar-refractivity contribution >= 4 is 76.1 Å². The van der Waals surface area contributed by atoms with Gasteiger partial charge in [0.15, 0.2) is 0 Å². The van der Waals surface area contributed by atoms with Crippen molar-refractivity contribution < 1.29 is 19.1 Å². The van der Waals surface area contributed by atoms with Crippen LogP contribution in [-0.4, -0.2) is 25.2 Å². The summed E-state index contributed by atoms with van der Waals surface area (Å²) in [6.07, 6.45) is 0. The highest BCUT2D eigenvalue weighted by Crippen LogP contribution is 2.62. The predicted molar refractivity (Wildman–Crippen MR) is 160 cm³/mol. The lowest BCUT2D eigenvalue weighted by Crippen LogP contribution is -2.17. The number of ether oxygens (including phenoxy) is 2. The summed E-state index contributed by atoms with van der Waals surface area (Å²) in [5.74, 6) is -0.472. The molecule has 0 spiro atoms. The van der Waals surface area contributed by atoms with Gasteiger partial charge in [0.2, 0.25) is 0 Å². The lowest BCUT2D eigenvalue weighted by molar-refractivity contribution is 0.0522. The molecule has 0 saturated heterocycles. The van der Waals surface area contributed by atoms with Crippen molar-refractivity contribution in [3.05, 3.63) is 56.3 Å². The lowest BCUT2D eigenvalue weighted by Gasteiger charge is -2.24. The first-order valence-electron chi connectivity index (χ1n) is 12.8. The van der Waals surface area contributed by atoms with E-state index in [2.05, 4.69) is 39.8 Å². The van der Waals surface area contributed by atoms with Crippen molar-refractivity contribution in [3.63, 3.8) is 0 Å². The molecule has 5 aromatic rings. The molecule has 0 radical (unpaired) electrons. The van der Waals surface area contributed by atoms with Gasteiger partial charge in [-0.05, 0) is 71.5 Å². The van der Waals surface area contributed by atoms with Crippen LogP contribution in [0.4, 0.5) is 0 Å². The van der Waals surface area contributed by atoms with Gasteiger partial charge in [0, 0.05) is 30.0 Å². The van der Waals surface area contributed by atoms with Crippen LogP contribution in [0.1, 0.15) is 83.1 Å². The average Bonchev–Trinajstić information content (AvgIpc) is 3.64. The molecule has 8 heteroatoms. The van der Waals surface area contributed by atoms with Crippen LogP contribution >= 0.6 is 45.3 Å². The van der Waals surface area contributed by atoms with Gasteiger partial charge in [-0.3, -0.25) is 0 Å². The SMILES string of the molecule is CCOC(=O)c1cc2sc3c(c2s1)C(C)(C)c1cc2c(cc1-3)C(C)(C)c1c-2sc2cc(C(=O)OCC)sc12. The maximum Gasteiger partial charge on any atom is 0.348 e. The van der Waals surface area contributed by atoms with Crippen LogP contribution in [0.25, 0.3) is 39.7 Å². The third-order valence-corrected chi connectivity index (χ3v) is 12.8. The third-order valence-electron chi connectivity index (χ3n) is 7.93. The average molecular weight is 579 g/mol. The second-order valence-corrected chi connectivity index (χ2v) is 15.1. The Balaban J connectivity index is 1.38. The first-order valence-corrected chi connectivity index (χ1v) is 16.0. The maximum absolute atomic E-state index is 12.4. The summed E-state index contributed by atoms with van der Waals surface area (Å²) >= 11 is 6.70. The molecule has 0 saturated carbocycles. The Labute approximate surface area is 236 Å². The number of hydrogen-bond acceptors (Lipinski definition) is 8. The molecule has 4 nitrogen and oxygen atoms in total. The van der Waals surface area contributed by atoms with Gasteiger partial charge in [-0.1, -0.05) is 27.7 Å². The molecular formula is C30H26O4S4. The summed E-state index contributed by atoms with van der Waals surface area (Å²) < 4.78 is 15.3. The minimum absolute atomic E-state index is 0.173. The van der Waals surface area contributed by atoms with Crippen molar-refractivity contribution in [2.75, 3.05) is 13.2 Å². The Morgan fingerprint density at radius 3 is 1.42 bits per heavy atom. The minimum atomic E-state index is -0.236. The summed E-state index contributed by atoms with van der Waals surface area (Å²) in [6, 6.07) is 8.84. The lowest BCUT2D eigenvalue weighted by atomic mass is 9.79. The number of fused-ring (bicyclic) bond motifs is 10. The van der Waals surface area contributed by atoms with E-state index in [0.717, 1.165) is 9.40 Å². The quantitative estimate of drug-likeness (QED) is 0.200. The standard InChI is InChI=1S/C30H26O4S4/c1-7-33-27(31)19-11-17-25(37-19)21-23(35-17)13-9-16-14(10-15(13)29(21,3)4)24-22(30(16,5)6)26-18(36-24)12-20(38-26)28(32)34-8-2/h9-12H,7-8H2,1-6H3. The third kappa shape index (κ3) is 3.06. The van der Waals surface area contributed by atoms with E-state index in [4.69, 9.17) is 9.47 Å². The summed E-state index contributed by atoms with van der Waals surface area (Å²) in [6.45, 7) is 13.7. The van der Waals surface area contributed by atoms with Gasteiger partial charge in [-0.2, -0.15) is 0 Å². The highest BCUT2D eigenvalue weighted by atomic mass is 32.1. The first-order chi connectivity index (χ1) is 18.1. The Bertz CT molecular complexity index is 1700. The zero-order valence-corrected chi connectivity index (χ0v) is 25.3. The zero-order valence-electron chi connectivity index (χ0n) is 22.0. The van der Waals surface area contributed by atoms with E-state index in [1.54, 1.807) is 45.3 Å². The van der Waals surface area contributed by atoms with Crippen LogP contribution in [-0.2, 0) is 20.3 Å². The maximum atomic E-state index is 12.4. The van der Waals surface area contributed by atoms with Crippen LogP contribution in [0.2, 0.25) is 0 Å². The van der Waals surface area contributed by atoms with Crippen molar-refractivity contribution in [2.24, 2.45) is 0 Å². The van der Waals surface area contributed by atoms with Gasteiger partial charge in [0.05, 0.1) is 22.6 Å². The van der Waals surface area contributed by atoms with Gasteiger partial charge in [-0.25, -0.2) is 9.59 Å². The van der Waals surface area contributed by atoms with E-state index in [-0.39, 0.29) is 22.8 Å². The number of rotatable bonds is 4. The molecule has 0 fully saturated rings. The smallest absolute Gasteiger partial charge is 0.348 e. The highest BCUT2D eigenvalue weighted by Gasteiger charge is 2.45. The number of carbonyl (C=O) groups is 2. The topological polar surface area (TPSA) is 52.6 Å². The van der Waals surface area contributed by atoms with Crippen molar-refractivity contribution in [3.8, 4) is 20.9 Å². The van der Waals surface area contributed by atoms with Gasteiger partial charge < -0.3 is 9.47 Å². The molecular weight excluding hydrogens is 553 g/mol. The van der Waals surface area contributed by atoms with E-state index >= 15 is 0 Å². The Morgan fingerprint density at radius 2 is 1.05 bits per heavy atom. The molecule has 38 heavy (non-hydrogen) atoms. The molecule has 0 bridgehead atoms. The summed E-state index contributed by atoms with van der Waals surface area (Å²) in [4.78, 5) is 28.9. The van der Waals surface area contributed by atoms with E-state index in [0.29, 0.717) is 23.0 Å². The normalized spacial score (nSPS) is 15.9. The molecule has 0 unspecified atom stereocenters. The number of hydrogen-bond donors (Lipinski definition) is 0. The second kappa shape index (κ2) is 8.01. The van der Waals surface area contributed by atoms with Crippen LogP contribution < -0.4 is 0 Å². The van der Waals surface area contributed by atoms with Crippen LogP contribution in [0, 0.1) is 0 Å². The largest absolute Gasteiger partial charge is 0.462 e. The molecule has 194 valence electrons. The first kappa shape index (κ1) is 24.5. The second-order valence-electron chi connectivity index (χ2n) is 10.9. The molecule has 0 N–H and O–H groups in total. The van der Waals surface area contributed by atoms with Gasteiger partial charge in [-0.15, -0.1) is 45.3 Å². The van der Waals surface area contributed by atoms with Crippen LogP contribution in [0.15, 0.2) is 24.3 Å². The minimum Gasteiger partial charge on any atom is -0.462 e. The number of benzene rings is 1. The molecule has 2 aliphatic carbocycles. The molecule has 2 aliphatic rings. The number of thiophene rings is 4. The van der Waals surface area contributed by atoms with Gasteiger partial charge >= 0.3 is 11.9 Å². The van der Waals surface area contributed by atoms with Gasteiger partial charge in [0.1, 0.15) is 9.75 Å². The summed E-state index contributed by atoms with van der Waals surface area (Å²) in [5, 5.41) is 0. The molecule has 0 amide bonds.